The van der Waals surface area contributed by atoms with Crippen LogP contribution >= 0.6 is 0 Å². The van der Waals surface area contributed by atoms with E-state index in [-0.39, 0.29) is 6.10 Å². The molecule has 0 spiro atoms. The summed E-state index contributed by atoms with van der Waals surface area (Å²) in [5.41, 5.74) is 1.23. The molecule has 2 nitrogen and oxygen atoms in total. The van der Waals surface area contributed by atoms with Crippen LogP contribution in [-0.4, -0.2) is 13.7 Å². The van der Waals surface area contributed by atoms with Crippen molar-refractivity contribution in [2.24, 2.45) is 0 Å². The van der Waals surface area contributed by atoms with Crippen LogP contribution in [0.25, 0.3) is 0 Å². The lowest BCUT2D eigenvalue weighted by atomic mass is 10.1. The number of ether oxygens (including phenoxy) is 2. The van der Waals surface area contributed by atoms with Crippen LogP contribution in [0.15, 0.2) is 24.3 Å². The molecule has 1 unspecified atom stereocenters. The van der Waals surface area contributed by atoms with E-state index in [1.807, 2.05) is 12.1 Å². The molecule has 0 radical (unpaired) electrons. The molecule has 2 heteroatoms. The van der Waals surface area contributed by atoms with Gasteiger partial charge in [-0.25, -0.2) is 0 Å². The van der Waals surface area contributed by atoms with Crippen LogP contribution in [0.5, 0.6) is 5.75 Å². The Morgan fingerprint density at radius 1 is 1.46 bits per heavy atom. The summed E-state index contributed by atoms with van der Waals surface area (Å²) in [6.07, 6.45) is 2.59. The molecule has 1 aliphatic heterocycles. The Morgan fingerprint density at radius 3 is 3.08 bits per heavy atom. The molecular formula is C11H14O2. The molecule has 1 heterocycles. The third kappa shape index (κ3) is 1.83. The summed E-state index contributed by atoms with van der Waals surface area (Å²) in [7, 11) is 1.69. The van der Waals surface area contributed by atoms with Crippen molar-refractivity contribution in [1.82, 2.24) is 0 Å². The minimum atomic E-state index is 0.287. The Balaban J connectivity index is 2.18. The van der Waals surface area contributed by atoms with Gasteiger partial charge in [0.2, 0.25) is 0 Å². The summed E-state index contributed by atoms with van der Waals surface area (Å²) in [6.45, 7) is 0.891. The van der Waals surface area contributed by atoms with Crippen molar-refractivity contribution in [3.05, 3.63) is 29.8 Å². The Hall–Kier alpha value is -1.02. The zero-order valence-electron chi connectivity index (χ0n) is 7.82. The molecule has 1 fully saturated rings. The first-order valence-corrected chi connectivity index (χ1v) is 4.66. The summed E-state index contributed by atoms with van der Waals surface area (Å²) in [5.74, 6) is 0.910. The normalized spacial score (nSPS) is 21.8. The van der Waals surface area contributed by atoms with E-state index in [1.54, 1.807) is 7.11 Å². The summed E-state index contributed by atoms with van der Waals surface area (Å²) in [6, 6.07) is 8.11. The van der Waals surface area contributed by atoms with Crippen molar-refractivity contribution in [3.63, 3.8) is 0 Å². The summed E-state index contributed by atoms with van der Waals surface area (Å²) in [5, 5.41) is 0. The minimum absolute atomic E-state index is 0.287. The van der Waals surface area contributed by atoms with Crippen LogP contribution in [0.1, 0.15) is 24.5 Å². The lowest BCUT2D eigenvalue weighted by Crippen LogP contribution is -1.95. The molecule has 0 aliphatic carbocycles. The molecular weight excluding hydrogens is 164 g/mol. The highest BCUT2D eigenvalue weighted by Crippen LogP contribution is 2.30. The summed E-state index contributed by atoms with van der Waals surface area (Å²) in [4.78, 5) is 0. The summed E-state index contributed by atoms with van der Waals surface area (Å²) >= 11 is 0. The average Bonchev–Trinajstić information content (AvgIpc) is 2.71. The molecule has 1 aromatic carbocycles. The van der Waals surface area contributed by atoms with Gasteiger partial charge < -0.3 is 9.47 Å². The Bertz CT molecular complexity index is 277. The molecule has 70 valence electrons. The van der Waals surface area contributed by atoms with Crippen LogP contribution in [-0.2, 0) is 4.74 Å². The van der Waals surface area contributed by atoms with Crippen molar-refractivity contribution in [2.75, 3.05) is 13.7 Å². The number of benzene rings is 1. The van der Waals surface area contributed by atoms with Gasteiger partial charge in [0.15, 0.2) is 0 Å². The molecule has 0 bridgehead atoms. The van der Waals surface area contributed by atoms with Gasteiger partial charge in [-0.05, 0) is 30.5 Å². The zero-order chi connectivity index (χ0) is 9.10. The Kier molecular flexibility index (Phi) is 2.50. The third-order valence-corrected chi connectivity index (χ3v) is 2.40. The van der Waals surface area contributed by atoms with E-state index in [4.69, 9.17) is 9.47 Å². The highest BCUT2D eigenvalue weighted by atomic mass is 16.5. The molecule has 1 aliphatic rings. The third-order valence-electron chi connectivity index (χ3n) is 2.40. The number of rotatable bonds is 2. The second-order valence-corrected chi connectivity index (χ2v) is 3.28. The van der Waals surface area contributed by atoms with Gasteiger partial charge in [-0.3, -0.25) is 0 Å². The maximum atomic E-state index is 5.58. The molecule has 1 saturated heterocycles. The van der Waals surface area contributed by atoms with E-state index in [0.717, 1.165) is 18.8 Å². The van der Waals surface area contributed by atoms with Gasteiger partial charge in [-0.2, -0.15) is 0 Å². The Labute approximate surface area is 78.5 Å². The molecule has 0 saturated carbocycles. The van der Waals surface area contributed by atoms with Gasteiger partial charge in [0.1, 0.15) is 5.75 Å². The molecule has 1 aromatic rings. The van der Waals surface area contributed by atoms with Crippen LogP contribution in [0.3, 0.4) is 0 Å². The van der Waals surface area contributed by atoms with E-state index in [0.29, 0.717) is 0 Å². The largest absolute Gasteiger partial charge is 0.497 e. The molecule has 2 rings (SSSR count). The van der Waals surface area contributed by atoms with Gasteiger partial charge in [0.05, 0.1) is 13.2 Å². The first-order chi connectivity index (χ1) is 6.40. The lowest BCUT2D eigenvalue weighted by Gasteiger charge is -2.10. The van der Waals surface area contributed by atoms with E-state index in [2.05, 4.69) is 12.1 Å². The smallest absolute Gasteiger partial charge is 0.119 e. The fourth-order valence-corrected chi connectivity index (χ4v) is 1.68. The van der Waals surface area contributed by atoms with Gasteiger partial charge in [-0.15, -0.1) is 0 Å². The number of methoxy groups -OCH3 is 1. The monoisotopic (exact) mass is 178 g/mol. The van der Waals surface area contributed by atoms with Crippen LogP contribution < -0.4 is 4.74 Å². The topological polar surface area (TPSA) is 18.5 Å². The van der Waals surface area contributed by atoms with Crippen LogP contribution in [0.4, 0.5) is 0 Å². The van der Waals surface area contributed by atoms with Crippen LogP contribution in [0.2, 0.25) is 0 Å². The van der Waals surface area contributed by atoms with Crippen molar-refractivity contribution >= 4 is 0 Å². The lowest BCUT2D eigenvalue weighted by molar-refractivity contribution is 0.112. The molecule has 13 heavy (non-hydrogen) atoms. The zero-order valence-corrected chi connectivity index (χ0v) is 7.82. The standard InChI is InChI=1S/C11H14O2/c1-12-10-5-2-4-9(8-10)11-6-3-7-13-11/h2,4-5,8,11H,3,6-7H2,1H3. The second kappa shape index (κ2) is 3.79. The van der Waals surface area contributed by atoms with Crippen molar-refractivity contribution in [3.8, 4) is 5.75 Å². The SMILES string of the molecule is COc1cccc(C2CCCO2)c1. The van der Waals surface area contributed by atoms with E-state index >= 15 is 0 Å². The van der Waals surface area contributed by atoms with E-state index in [9.17, 15) is 0 Å². The van der Waals surface area contributed by atoms with E-state index < -0.39 is 0 Å². The fourth-order valence-electron chi connectivity index (χ4n) is 1.68. The van der Waals surface area contributed by atoms with Crippen LogP contribution in [0, 0.1) is 0 Å². The number of hydrogen-bond acceptors (Lipinski definition) is 2. The number of hydrogen-bond donors (Lipinski definition) is 0. The molecule has 0 aromatic heterocycles. The predicted octanol–water partition coefficient (Wildman–Crippen LogP) is 2.55. The minimum Gasteiger partial charge on any atom is -0.497 e. The average molecular weight is 178 g/mol. The highest BCUT2D eigenvalue weighted by molar-refractivity contribution is 5.30. The fraction of sp³-hybridized carbons (Fsp3) is 0.455. The van der Waals surface area contributed by atoms with E-state index in [1.165, 1.54) is 12.0 Å². The molecule has 0 amide bonds. The van der Waals surface area contributed by atoms with Gasteiger partial charge in [0, 0.05) is 6.61 Å². The first kappa shape index (κ1) is 8.57. The van der Waals surface area contributed by atoms with Crippen molar-refractivity contribution in [1.29, 1.82) is 0 Å². The Morgan fingerprint density at radius 2 is 2.38 bits per heavy atom. The molecule has 0 N–H and O–H groups in total. The highest BCUT2D eigenvalue weighted by Gasteiger charge is 2.17. The van der Waals surface area contributed by atoms with Crippen molar-refractivity contribution < 1.29 is 9.47 Å². The van der Waals surface area contributed by atoms with Gasteiger partial charge in [0.25, 0.3) is 0 Å². The molecule has 1 atom stereocenters. The summed E-state index contributed by atoms with van der Waals surface area (Å²) < 4.78 is 10.7. The second-order valence-electron chi connectivity index (χ2n) is 3.28. The van der Waals surface area contributed by atoms with Crippen molar-refractivity contribution in [2.45, 2.75) is 18.9 Å². The quantitative estimate of drug-likeness (QED) is 0.692. The first-order valence-electron chi connectivity index (χ1n) is 4.66. The predicted molar refractivity (Wildman–Crippen MR) is 50.9 cm³/mol. The maximum absolute atomic E-state index is 5.58. The van der Waals surface area contributed by atoms with Gasteiger partial charge in [-0.1, -0.05) is 12.1 Å². The maximum Gasteiger partial charge on any atom is 0.119 e. The van der Waals surface area contributed by atoms with Gasteiger partial charge >= 0.3 is 0 Å².